The summed E-state index contributed by atoms with van der Waals surface area (Å²) in [5.41, 5.74) is 0. The molecule has 1 atom stereocenters. The largest absolute Gasteiger partial charge is 0.480 e. The van der Waals surface area contributed by atoms with Gasteiger partial charge in [0.15, 0.2) is 5.03 Å². The second-order valence-corrected chi connectivity index (χ2v) is 3.65. The molecule has 0 aliphatic rings. The third-order valence-electron chi connectivity index (χ3n) is 1.26. The first-order valence-electron chi connectivity index (χ1n) is 3.26. The van der Waals surface area contributed by atoms with Gasteiger partial charge >= 0.3 is 11.9 Å². The van der Waals surface area contributed by atoms with Crippen molar-refractivity contribution < 1.29 is 24.0 Å². The van der Waals surface area contributed by atoms with Crippen molar-refractivity contribution in [1.82, 2.24) is 15.4 Å². The quantitative estimate of drug-likeness (QED) is 0.522. The van der Waals surface area contributed by atoms with E-state index < -0.39 is 28.0 Å². The van der Waals surface area contributed by atoms with Gasteiger partial charge in [-0.1, -0.05) is 0 Å². The lowest BCUT2D eigenvalue weighted by atomic mass is 10.4. The standard InChI is InChI=1S/C5H5N3O5S/c9-4(10)3(5(11)12)14(13)2-1-6-8-7-2/h1,3H,(H,9,10)(H,11,12)(H,6,7,8). The molecule has 0 bridgehead atoms. The van der Waals surface area contributed by atoms with E-state index in [0.29, 0.717) is 0 Å². The molecule has 14 heavy (non-hydrogen) atoms. The lowest BCUT2D eigenvalue weighted by molar-refractivity contribution is -0.146. The van der Waals surface area contributed by atoms with Crippen molar-refractivity contribution in [2.75, 3.05) is 0 Å². The summed E-state index contributed by atoms with van der Waals surface area (Å²) in [6, 6.07) is 0. The summed E-state index contributed by atoms with van der Waals surface area (Å²) in [5, 5.41) is 23.5. The van der Waals surface area contributed by atoms with Crippen molar-refractivity contribution >= 4 is 22.7 Å². The summed E-state index contributed by atoms with van der Waals surface area (Å²) in [4.78, 5) is 20.9. The molecule has 0 saturated carbocycles. The number of nitrogens with one attached hydrogen (secondary N) is 1. The van der Waals surface area contributed by atoms with E-state index >= 15 is 0 Å². The highest BCUT2D eigenvalue weighted by Gasteiger charge is 2.34. The molecule has 0 fully saturated rings. The molecule has 8 nitrogen and oxygen atoms in total. The molecule has 1 aromatic heterocycles. The van der Waals surface area contributed by atoms with Gasteiger partial charge in [-0.3, -0.25) is 13.8 Å². The van der Waals surface area contributed by atoms with E-state index in [0.717, 1.165) is 6.20 Å². The second-order valence-electron chi connectivity index (χ2n) is 2.16. The Morgan fingerprint density at radius 3 is 2.36 bits per heavy atom. The average molecular weight is 219 g/mol. The molecule has 0 radical (unpaired) electrons. The maximum Gasteiger partial charge on any atom is 0.331 e. The molecule has 1 unspecified atom stereocenters. The monoisotopic (exact) mass is 219 g/mol. The average Bonchev–Trinajstić information content (AvgIpc) is 2.53. The number of hydrogen-bond acceptors (Lipinski definition) is 5. The number of carbonyl (C=O) groups is 2. The molecule has 0 aliphatic heterocycles. The Balaban J connectivity index is 2.97. The third kappa shape index (κ3) is 1.93. The molecule has 3 N–H and O–H groups in total. The molecule has 9 heteroatoms. The van der Waals surface area contributed by atoms with Gasteiger partial charge in [0, 0.05) is 0 Å². The smallest absolute Gasteiger partial charge is 0.331 e. The van der Waals surface area contributed by atoms with Crippen molar-refractivity contribution in [3.05, 3.63) is 6.20 Å². The van der Waals surface area contributed by atoms with Crippen LogP contribution in [0.5, 0.6) is 0 Å². The van der Waals surface area contributed by atoms with Gasteiger partial charge in [-0.05, 0) is 0 Å². The number of carboxylic acids is 2. The van der Waals surface area contributed by atoms with Crippen LogP contribution in [0.25, 0.3) is 0 Å². The van der Waals surface area contributed by atoms with Crippen LogP contribution in [0.2, 0.25) is 0 Å². The zero-order valence-corrected chi connectivity index (χ0v) is 7.39. The zero-order chi connectivity index (χ0) is 10.7. The van der Waals surface area contributed by atoms with Gasteiger partial charge in [0.05, 0.1) is 6.20 Å². The molecule has 1 heterocycles. The minimum atomic E-state index is -2.25. The molecule has 0 aliphatic carbocycles. The first kappa shape index (κ1) is 10.3. The molecule has 0 aromatic carbocycles. The number of nitrogens with zero attached hydrogens (tertiary/aromatic N) is 2. The summed E-state index contributed by atoms with van der Waals surface area (Å²) in [5.74, 6) is -3.36. The molecule has 0 amide bonds. The van der Waals surface area contributed by atoms with Gasteiger partial charge in [0.25, 0.3) is 0 Å². The van der Waals surface area contributed by atoms with E-state index in [2.05, 4.69) is 15.4 Å². The summed E-state index contributed by atoms with van der Waals surface area (Å²) in [6.45, 7) is 0. The maximum absolute atomic E-state index is 11.3. The number of carboxylic acid groups (broad SMARTS) is 2. The summed E-state index contributed by atoms with van der Waals surface area (Å²) in [7, 11) is -2.25. The van der Waals surface area contributed by atoms with E-state index in [-0.39, 0.29) is 5.03 Å². The first-order valence-corrected chi connectivity index (χ1v) is 4.47. The van der Waals surface area contributed by atoms with Crippen LogP contribution in [0, 0.1) is 0 Å². The third-order valence-corrected chi connectivity index (χ3v) is 2.70. The van der Waals surface area contributed by atoms with E-state index in [1.807, 2.05) is 0 Å². The van der Waals surface area contributed by atoms with E-state index in [9.17, 15) is 13.8 Å². The summed E-state index contributed by atoms with van der Waals surface area (Å²) >= 11 is 0. The van der Waals surface area contributed by atoms with Gasteiger partial charge in [-0.2, -0.15) is 10.3 Å². The van der Waals surface area contributed by atoms with Crippen LogP contribution in [0.1, 0.15) is 0 Å². The van der Waals surface area contributed by atoms with Crippen molar-refractivity contribution in [2.45, 2.75) is 10.3 Å². The molecule has 1 rings (SSSR count). The molecule has 76 valence electrons. The van der Waals surface area contributed by atoms with Crippen LogP contribution < -0.4 is 0 Å². The lowest BCUT2D eigenvalue weighted by Crippen LogP contribution is -2.34. The Labute approximate surface area is 79.4 Å². The Morgan fingerprint density at radius 1 is 1.43 bits per heavy atom. The predicted molar refractivity (Wildman–Crippen MR) is 41.9 cm³/mol. The highest BCUT2D eigenvalue weighted by atomic mass is 32.2. The predicted octanol–water partition coefficient (Wildman–Crippen LogP) is -1.55. The highest BCUT2D eigenvalue weighted by molar-refractivity contribution is 7.87. The van der Waals surface area contributed by atoms with Crippen LogP contribution >= 0.6 is 0 Å². The lowest BCUT2D eigenvalue weighted by Gasteiger charge is -2.03. The van der Waals surface area contributed by atoms with Gasteiger partial charge in [-0.25, -0.2) is 0 Å². The molecule has 1 aromatic rings. The van der Waals surface area contributed by atoms with E-state index in [4.69, 9.17) is 10.2 Å². The van der Waals surface area contributed by atoms with Crippen molar-refractivity contribution in [1.29, 1.82) is 0 Å². The van der Waals surface area contributed by atoms with Crippen LogP contribution in [0.3, 0.4) is 0 Å². The number of hydrogen-bond donors (Lipinski definition) is 3. The molecule has 0 spiro atoms. The number of aromatic amines is 1. The minimum Gasteiger partial charge on any atom is -0.480 e. The summed E-state index contributed by atoms with van der Waals surface area (Å²) in [6.07, 6.45) is 1.01. The van der Waals surface area contributed by atoms with Crippen molar-refractivity contribution in [2.24, 2.45) is 0 Å². The van der Waals surface area contributed by atoms with Crippen molar-refractivity contribution in [3.8, 4) is 0 Å². The number of aliphatic carboxylic acids is 2. The van der Waals surface area contributed by atoms with Gasteiger partial charge < -0.3 is 10.2 Å². The van der Waals surface area contributed by atoms with Gasteiger partial charge in [0.1, 0.15) is 10.8 Å². The fraction of sp³-hybridized carbons (Fsp3) is 0.200. The van der Waals surface area contributed by atoms with Crippen LogP contribution in [-0.2, 0) is 20.4 Å². The van der Waals surface area contributed by atoms with Crippen LogP contribution in [-0.4, -0.2) is 47.0 Å². The fourth-order valence-electron chi connectivity index (χ4n) is 0.698. The SMILES string of the molecule is O=C(O)C(C(=O)O)S(=O)c1cn[nH]n1. The van der Waals surface area contributed by atoms with Gasteiger partial charge in [-0.15, -0.1) is 5.10 Å². The fourth-order valence-corrected chi connectivity index (χ4v) is 1.59. The number of rotatable bonds is 4. The second kappa shape index (κ2) is 3.96. The Morgan fingerprint density at radius 2 is 2.00 bits per heavy atom. The topological polar surface area (TPSA) is 133 Å². The number of H-pyrrole nitrogens is 1. The van der Waals surface area contributed by atoms with Crippen LogP contribution in [0.4, 0.5) is 0 Å². The Bertz CT molecular complexity index is 361. The maximum atomic E-state index is 11.3. The molecular weight excluding hydrogens is 214 g/mol. The van der Waals surface area contributed by atoms with E-state index in [1.165, 1.54) is 0 Å². The first-order chi connectivity index (χ1) is 6.54. The number of aromatic nitrogens is 3. The summed E-state index contributed by atoms with van der Waals surface area (Å²) < 4.78 is 11.3. The zero-order valence-electron chi connectivity index (χ0n) is 6.58. The van der Waals surface area contributed by atoms with Crippen LogP contribution in [0.15, 0.2) is 11.2 Å². The normalized spacial score (nSPS) is 12.6. The van der Waals surface area contributed by atoms with Gasteiger partial charge in [0.2, 0.25) is 5.25 Å². The Hall–Kier alpha value is -1.77. The van der Waals surface area contributed by atoms with E-state index in [1.54, 1.807) is 0 Å². The molecular formula is C5H5N3O5S. The Kier molecular flexibility index (Phi) is 2.92. The highest BCUT2D eigenvalue weighted by Crippen LogP contribution is 2.07. The minimum absolute atomic E-state index is 0.209. The van der Waals surface area contributed by atoms with Crippen molar-refractivity contribution in [3.63, 3.8) is 0 Å². The molecule has 0 saturated heterocycles.